The molecule has 20 heteroatoms. The Morgan fingerprint density at radius 2 is 0.742 bits per heavy atom. The third kappa shape index (κ3) is 39.3. The van der Waals surface area contributed by atoms with E-state index in [-0.39, 0.29) is 42.3 Å². The summed E-state index contributed by atoms with van der Waals surface area (Å²) in [5.41, 5.74) is -1.11. The van der Waals surface area contributed by atoms with Gasteiger partial charge in [0.1, 0.15) is 0 Å². The summed E-state index contributed by atoms with van der Waals surface area (Å²) >= 11 is 0. The van der Waals surface area contributed by atoms with E-state index in [1.165, 1.54) is 0 Å². The van der Waals surface area contributed by atoms with Gasteiger partial charge in [-0.15, -0.1) is 0 Å². The van der Waals surface area contributed by atoms with E-state index in [0.717, 1.165) is 0 Å². The van der Waals surface area contributed by atoms with Gasteiger partial charge in [-0.05, 0) is 0 Å². The topological polar surface area (TPSA) is 304 Å². The molecule has 2 radical (unpaired) electrons. The summed E-state index contributed by atoms with van der Waals surface area (Å²) in [4.78, 5) is 27.8. The second-order valence-electron chi connectivity index (χ2n) is 4.22. The van der Waals surface area contributed by atoms with Gasteiger partial charge >= 0.3 is 26.2 Å². The van der Waals surface area contributed by atoms with Crippen LogP contribution in [0.25, 0.3) is 0 Å². The summed E-state index contributed by atoms with van der Waals surface area (Å²) in [7, 11) is -7.90. The van der Waals surface area contributed by atoms with E-state index in [2.05, 4.69) is 0 Å². The number of carboxylic acid groups (broad SMARTS) is 3. The Morgan fingerprint density at radius 1 is 0.581 bits per heavy atom. The van der Waals surface area contributed by atoms with Crippen LogP contribution in [0.1, 0.15) is 0 Å². The van der Waals surface area contributed by atoms with Crippen molar-refractivity contribution in [3.05, 3.63) is 0 Å². The number of hydrogen-bond donors (Lipinski definition) is 4. The van der Waals surface area contributed by atoms with Crippen LogP contribution < -0.4 is 15.3 Å². The molecule has 0 aliphatic rings. The fourth-order valence-corrected chi connectivity index (χ4v) is 1.01. The van der Waals surface area contributed by atoms with E-state index in [1.807, 2.05) is 0 Å². The molecule has 0 heterocycles. The number of rotatable bonds is 7. The maximum atomic E-state index is 9.33. The van der Waals surface area contributed by atoms with E-state index in [4.69, 9.17) is 20.4 Å². The molecule has 4 N–H and O–H groups in total. The van der Waals surface area contributed by atoms with Crippen molar-refractivity contribution in [3.63, 3.8) is 0 Å². The molecule has 0 aromatic heterocycles. The molecule has 16 nitrogen and oxygen atoms in total. The van der Waals surface area contributed by atoms with E-state index >= 15 is 0 Å². The van der Waals surface area contributed by atoms with Crippen molar-refractivity contribution >= 4 is 91.1 Å². The first-order valence-electron chi connectivity index (χ1n) is 6.48. The molecule has 0 aliphatic heterocycles. The van der Waals surface area contributed by atoms with Crippen LogP contribution in [-0.4, -0.2) is 132 Å². The number of aliphatic hydroxyl groups is 4. The van der Waals surface area contributed by atoms with Crippen LogP contribution in [0.2, 0.25) is 0 Å². The number of carbonyl (C=O) groups is 3. The Bertz CT molecular complexity index is 790. The van der Waals surface area contributed by atoms with Gasteiger partial charge in [-0.25, -0.2) is 0 Å². The average molecular weight is 708 g/mol. The molecule has 31 heavy (non-hydrogen) atoms. The summed E-state index contributed by atoms with van der Waals surface area (Å²) in [6, 6.07) is 0. The Hall–Kier alpha value is -1.80. The zero-order chi connectivity index (χ0) is 24.9. The van der Waals surface area contributed by atoms with Gasteiger partial charge in [0, 0.05) is 0 Å². The van der Waals surface area contributed by atoms with Crippen molar-refractivity contribution in [3.8, 4) is 0 Å². The van der Waals surface area contributed by atoms with E-state index in [1.54, 1.807) is 0 Å². The van der Waals surface area contributed by atoms with Crippen LogP contribution in [0.5, 0.6) is 0 Å². The predicted molar refractivity (Wildman–Crippen MR) is 96.5 cm³/mol. The predicted octanol–water partition coefficient (Wildman–Crippen LogP) is -10.2. The molecule has 0 aromatic carbocycles. The molecule has 0 atom stereocenters. The van der Waals surface area contributed by atoms with Crippen molar-refractivity contribution in [1.82, 2.24) is 0 Å². The van der Waals surface area contributed by atoms with E-state index < -0.39 is 80.6 Å². The first-order chi connectivity index (χ1) is 13.6. The molecular weight excluding hydrogens is 693 g/mol. The Balaban J connectivity index is -0.0000000965. The summed E-state index contributed by atoms with van der Waals surface area (Å²) in [6.45, 7) is -1.62. The van der Waals surface area contributed by atoms with Gasteiger partial charge in [-0.2, -0.15) is 25.3 Å². The van der Waals surface area contributed by atoms with Crippen molar-refractivity contribution in [2.75, 3.05) is 26.4 Å². The van der Waals surface area contributed by atoms with Crippen LogP contribution in [0, 0.1) is 5.41 Å². The molecule has 0 unspecified atom stereocenters. The monoisotopic (exact) mass is 708 g/mol. The quantitative estimate of drug-likeness (QED) is 0.141. The molecule has 0 bridgehead atoms. The van der Waals surface area contributed by atoms with Crippen LogP contribution >= 0.6 is 0 Å². The second kappa shape index (κ2) is 24.5. The molecule has 0 amide bonds. The van der Waals surface area contributed by atoms with E-state index in [0.29, 0.717) is 0 Å². The van der Waals surface area contributed by atoms with Gasteiger partial charge in [0.15, 0.2) is 0 Å². The maximum Gasteiger partial charge on any atom is 3.00 e. The first kappa shape index (κ1) is 39.7. The number of carbonyl (C=O) groups excluding carboxylic acids is 3. The van der Waals surface area contributed by atoms with Crippen LogP contribution in [-0.2, 0) is 45.3 Å². The van der Waals surface area contributed by atoms with Gasteiger partial charge in [0.05, 0.1) is 65.9 Å². The second-order valence-corrected chi connectivity index (χ2v) is 6.49. The zero-order valence-electron chi connectivity index (χ0n) is 14.9. The number of aliphatic carboxylic acids is 3. The van der Waals surface area contributed by atoms with Crippen molar-refractivity contribution in [2.24, 2.45) is 5.41 Å². The van der Waals surface area contributed by atoms with Crippen LogP contribution in [0.3, 0.4) is 0 Å². The standard InChI is InChI=1S/C5H12O4.3C2H2O4S.Bi/c6-1-5(2-7,3-8)4-9;3*3-2(4)1-7(5)6;/h6-9H,1-4H2;3*1H,(H,3,4);/q;;;;+3/p-3. The molecule has 0 fully saturated rings. The van der Waals surface area contributed by atoms with Crippen molar-refractivity contribution < 1.29 is 75.4 Å². The van der Waals surface area contributed by atoms with Gasteiger partial charge in [0.2, 0.25) is 30.9 Å². The molecule has 0 spiro atoms. The minimum atomic E-state index is -2.63. The average Bonchev–Trinajstić information content (AvgIpc) is 2.55. The third-order valence-corrected chi connectivity index (χ3v) is 3.07. The Kier molecular flexibility index (Phi) is 31.3. The van der Waals surface area contributed by atoms with E-state index in [9.17, 15) is 55.0 Å². The summed E-state index contributed by atoms with van der Waals surface area (Å²) < 4.78 is 56.0. The number of carboxylic acids is 3. The molecule has 0 aromatic rings. The molecule has 0 aliphatic carbocycles. The normalized spacial score (nSPS) is 8.52. The smallest absolute Gasteiger partial charge is 0.544 e. The molecule has 0 rings (SSSR count). The van der Waals surface area contributed by atoms with Crippen LogP contribution in [0.4, 0.5) is 0 Å². The third-order valence-electron chi connectivity index (χ3n) is 1.92. The molecule has 178 valence electrons. The summed E-state index contributed by atoms with van der Waals surface area (Å²) in [5.74, 6) is -5.10. The fraction of sp³-hybridized carbons (Fsp3) is 0.455. The van der Waals surface area contributed by atoms with Gasteiger partial charge in [-0.1, -0.05) is 0 Å². The molecule has 0 saturated heterocycles. The van der Waals surface area contributed by atoms with Crippen molar-refractivity contribution in [1.29, 1.82) is 0 Å². The summed E-state index contributed by atoms with van der Waals surface area (Å²) in [5, 5.41) is 61.9. The van der Waals surface area contributed by atoms with Crippen LogP contribution in [0.15, 0.2) is 0 Å². The van der Waals surface area contributed by atoms with Gasteiger partial charge in [-0.3, -0.25) is 0 Å². The Morgan fingerprint density at radius 3 is 0.742 bits per heavy atom. The van der Waals surface area contributed by atoms with Crippen molar-refractivity contribution in [2.45, 2.75) is 0 Å². The van der Waals surface area contributed by atoms with Gasteiger partial charge in [0.25, 0.3) is 0 Å². The molecular formula is C11H15BiO16S3. The van der Waals surface area contributed by atoms with Gasteiger partial charge < -0.3 is 50.1 Å². The zero-order valence-corrected chi connectivity index (χ0v) is 20.8. The Labute approximate surface area is 197 Å². The number of aliphatic hydroxyl groups excluding tert-OH is 4. The summed E-state index contributed by atoms with van der Waals surface area (Å²) in [6.07, 6.45) is 0. The SMILES string of the molecule is O=C([O-])C=S(=O)=O.O=C([O-])C=S(=O)=O.O=C([O-])C=S(=O)=O.OCC(CO)(CO)CO.[Bi+3]. The largest absolute Gasteiger partial charge is 3.00 e. The molecule has 0 saturated carbocycles. The number of hydrogen-bond acceptors (Lipinski definition) is 16. The minimum Gasteiger partial charge on any atom is -0.544 e. The minimum absolute atomic E-state index is 0. The maximum absolute atomic E-state index is 9.33. The first-order valence-corrected chi connectivity index (χ1v) is 9.89. The fourth-order valence-electron chi connectivity index (χ4n) is 0.536.